The van der Waals surface area contributed by atoms with Crippen molar-refractivity contribution in [2.24, 2.45) is 4.99 Å². The van der Waals surface area contributed by atoms with Crippen molar-refractivity contribution in [3.8, 4) is 0 Å². The Labute approximate surface area is 59.6 Å². The smallest absolute Gasteiger partial charge is 0.191 e. The predicted octanol–water partition coefficient (Wildman–Crippen LogP) is 1.13. The van der Waals surface area contributed by atoms with Gasteiger partial charge in [-0.15, -0.1) is 6.58 Å². The first-order valence-electron chi connectivity index (χ1n) is 2.91. The maximum absolute atomic E-state index is 5.55. The minimum absolute atomic E-state index is 0.315. The summed E-state index contributed by atoms with van der Waals surface area (Å²) in [7, 11) is 0. The van der Waals surface area contributed by atoms with Gasteiger partial charge in [-0.3, -0.25) is 4.99 Å². The Balaban J connectivity index is 2.37. The summed E-state index contributed by atoms with van der Waals surface area (Å²) < 4.78 is 0. The molecule has 0 aliphatic carbocycles. The van der Waals surface area contributed by atoms with Crippen molar-refractivity contribution in [3.05, 3.63) is 12.7 Å². The fourth-order valence-electron chi connectivity index (χ4n) is 0.782. The Morgan fingerprint density at radius 3 is 3.22 bits per heavy atom. The molecule has 1 aliphatic heterocycles. The topological polar surface area (TPSA) is 24.4 Å². The third-order valence-electron chi connectivity index (χ3n) is 1.22. The highest BCUT2D eigenvalue weighted by Crippen LogP contribution is 2.04. The van der Waals surface area contributed by atoms with Crippen molar-refractivity contribution in [2.45, 2.75) is 12.5 Å². The summed E-state index contributed by atoms with van der Waals surface area (Å²) in [5.74, 6) is 0. The molecular formula is C6H9ClN2. The number of halogens is 1. The molecule has 0 aromatic carbocycles. The first kappa shape index (κ1) is 6.62. The van der Waals surface area contributed by atoms with Crippen LogP contribution in [0.1, 0.15) is 6.42 Å². The van der Waals surface area contributed by atoms with Crippen molar-refractivity contribution in [1.29, 1.82) is 0 Å². The normalized spacial score (nSPS) is 25.0. The Hall–Kier alpha value is -0.500. The molecule has 1 unspecified atom stereocenters. The molecule has 1 atom stereocenters. The third-order valence-corrected chi connectivity index (χ3v) is 1.45. The van der Waals surface area contributed by atoms with Gasteiger partial charge in [0.1, 0.15) is 0 Å². The Bertz CT molecular complexity index is 142. The largest absolute Gasteiger partial charge is 0.359 e. The molecule has 9 heavy (non-hydrogen) atoms. The predicted molar refractivity (Wildman–Crippen MR) is 39.9 cm³/mol. The van der Waals surface area contributed by atoms with Crippen LogP contribution in [0.5, 0.6) is 0 Å². The van der Waals surface area contributed by atoms with Gasteiger partial charge in [-0.05, 0) is 18.0 Å². The van der Waals surface area contributed by atoms with Gasteiger partial charge in [0.2, 0.25) is 0 Å². The van der Waals surface area contributed by atoms with Gasteiger partial charge in [0.05, 0.1) is 6.04 Å². The fourth-order valence-corrected chi connectivity index (χ4v) is 0.997. The summed E-state index contributed by atoms with van der Waals surface area (Å²) in [6, 6.07) is 0.315. The second kappa shape index (κ2) is 2.87. The molecule has 1 N–H and O–H groups in total. The van der Waals surface area contributed by atoms with E-state index in [9.17, 15) is 0 Å². The van der Waals surface area contributed by atoms with Gasteiger partial charge < -0.3 is 5.32 Å². The molecular weight excluding hydrogens is 136 g/mol. The zero-order chi connectivity index (χ0) is 6.69. The number of nitrogens with zero attached hydrogens (tertiary/aromatic N) is 1. The van der Waals surface area contributed by atoms with E-state index in [-0.39, 0.29) is 0 Å². The van der Waals surface area contributed by atoms with Gasteiger partial charge in [-0.2, -0.15) is 0 Å². The Morgan fingerprint density at radius 2 is 2.78 bits per heavy atom. The molecule has 0 aromatic heterocycles. The summed E-state index contributed by atoms with van der Waals surface area (Å²) in [6.07, 6.45) is 2.76. The van der Waals surface area contributed by atoms with Gasteiger partial charge in [-0.25, -0.2) is 0 Å². The summed E-state index contributed by atoms with van der Waals surface area (Å²) in [5.41, 5.74) is 0. The number of nitrogens with one attached hydrogen (secondary N) is 1. The maximum atomic E-state index is 5.55. The van der Waals surface area contributed by atoms with Crippen LogP contribution in [0.2, 0.25) is 0 Å². The molecule has 3 heteroatoms. The lowest BCUT2D eigenvalue weighted by atomic mass is 10.2. The summed E-state index contributed by atoms with van der Waals surface area (Å²) in [4.78, 5) is 4.08. The second-order valence-electron chi connectivity index (χ2n) is 1.98. The first-order chi connectivity index (χ1) is 4.33. The molecule has 2 nitrogen and oxygen atoms in total. The van der Waals surface area contributed by atoms with Crippen LogP contribution in [-0.2, 0) is 0 Å². The van der Waals surface area contributed by atoms with E-state index in [1.165, 1.54) is 0 Å². The van der Waals surface area contributed by atoms with Crippen LogP contribution in [0, 0.1) is 0 Å². The lowest BCUT2D eigenvalue weighted by Crippen LogP contribution is -2.17. The van der Waals surface area contributed by atoms with Crippen LogP contribution in [0.15, 0.2) is 17.6 Å². The summed E-state index contributed by atoms with van der Waals surface area (Å²) >= 11 is 5.55. The lowest BCUT2D eigenvalue weighted by molar-refractivity contribution is 0.708. The quantitative estimate of drug-likeness (QED) is 0.456. The van der Waals surface area contributed by atoms with E-state index in [0.29, 0.717) is 11.3 Å². The molecule has 0 amide bonds. The molecule has 0 radical (unpaired) electrons. The lowest BCUT2D eigenvalue weighted by Gasteiger charge is -1.97. The highest BCUT2D eigenvalue weighted by Gasteiger charge is 2.12. The molecule has 0 aromatic rings. The fraction of sp³-hybridized carbons (Fsp3) is 0.500. The minimum Gasteiger partial charge on any atom is -0.359 e. The first-order valence-corrected chi connectivity index (χ1v) is 3.29. The van der Waals surface area contributed by atoms with Crippen molar-refractivity contribution >= 4 is 16.9 Å². The van der Waals surface area contributed by atoms with Crippen LogP contribution >= 0.6 is 11.6 Å². The molecule has 0 saturated heterocycles. The summed E-state index contributed by atoms with van der Waals surface area (Å²) in [6.45, 7) is 4.46. The van der Waals surface area contributed by atoms with Crippen molar-refractivity contribution in [1.82, 2.24) is 5.32 Å². The van der Waals surface area contributed by atoms with Gasteiger partial charge >= 0.3 is 0 Å². The molecule has 1 aliphatic rings. The monoisotopic (exact) mass is 144 g/mol. The Morgan fingerprint density at radius 1 is 2.00 bits per heavy atom. The van der Waals surface area contributed by atoms with Gasteiger partial charge in [0.25, 0.3) is 0 Å². The van der Waals surface area contributed by atoms with Crippen molar-refractivity contribution in [3.63, 3.8) is 0 Å². The second-order valence-corrected chi connectivity index (χ2v) is 2.34. The number of hydrogen-bond acceptors (Lipinski definition) is 2. The highest BCUT2D eigenvalue weighted by atomic mass is 35.5. The van der Waals surface area contributed by atoms with Gasteiger partial charge in [-0.1, -0.05) is 6.08 Å². The van der Waals surface area contributed by atoms with Crippen LogP contribution in [0.3, 0.4) is 0 Å². The van der Waals surface area contributed by atoms with Crippen LogP contribution < -0.4 is 5.32 Å². The molecule has 0 bridgehead atoms. The van der Waals surface area contributed by atoms with Crippen LogP contribution in [-0.4, -0.2) is 17.9 Å². The number of hydrogen-bond donors (Lipinski definition) is 1. The van der Waals surface area contributed by atoms with Gasteiger partial charge in [0.15, 0.2) is 5.29 Å². The minimum atomic E-state index is 0.315. The van der Waals surface area contributed by atoms with Gasteiger partial charge in [0, 0.05) is 6.54 Å². The number of aliphatic imine (C=N–C) groups is 1. The maximum Gasteiger partial charge on any atom is 0.191 e. The van der Waals surface area contributed by atoms with E-state index in [2.05, 4.69) is 16.9 Å². The van der Waals surface area contributed by atoms with Crippen LogP contribution in [0.25, 0.3) is 0 Å². The number of rotatable bonds is 2. The molecule has 0 fully saturated rings. The van der Waals surface area contributed by atoms with Crippen LogP contribution in [0.4, 0.5) is 0 Å². The van der Waals surface area contributed by atoms with E-state index < -0.39 is 0 Å². The van der Waals surface area contributed by atoms with Crippen molar-refractivity contribution < 1.29 is 0 Å². The Kier molecular flexibility index (Phi) is 2.11. The SMILES string of the molecule is C=CCC1CNC(Cl)=N1. The zero-order valence-corrected chi connectivity index (χ0v) is 5.86. The van der Waals surface area contributed by atoms with E-state index in [1.807, 2.05) is 6.08 Å². The molecule has 0 saturated carbocycles. The van der Waals surface area contributed by atoms with E-state index in [0.717, 1.165) is 13.0 Å². The third kappa shape index (κ3) is 1.72. The molecule has 0 spiro atoms. The van der Waals surface area contributed by atoms with E-state index in [1.54, 1.807) is 0 Å². The average molecular weight is 145 g/mol. The van der Waals surface area contributed by atoms with E-state index >= 15 is 0 Å². The summed E-state index contributed by atoms with van der Waals surface area (Å²) in [5, 5.41) is 3.45. The average Bonchev–Trinajstić information content (AvgIpc) is 2.17. The molecule has 1 heterocycles. The zero-order valence-electron chi connectivity index (χ0n) is 5.10. The standard InChI is InChI=1S/C6H9ClN2/c1-2-3-5-4-8-6(7)9-5/h2,5H,1,3-4H2,(H,8,9). The number of amidine groups is 1. The highest BCUT2D eigenvalue weighted by molar-refractivity contribution is 6.64. The van der Waals surface area contributed by atoms with Crippen molar-refractivity contribution in [2.75, 3.05) is 6.54 Å². The van der Waals surface area contributed by atoms with E-state index in [4.69, 9.17) is 11.6 Å². The molecule has 1 rings (SSSR count). The molecule has 50 valence electrons.